The lowest BCUT2D eigenvalue weighted by atomic mass is 9.75. The molecule has 6 nitrogen and oxygen atoms in total. The topological polar surface area (TPSA) is 55.9 Å². The number of amides is 2. The zero-order valence-corrected chi connectivity index (χ0v) is 18.8. The molecule has 1 spiro atoms. The summed E-state index contributed by atoms with van der Waals surface area (Å²) in [5, 5.41) is 3.25. The van der Waals surface area contributed by atoms with Crippen LogP contribution >= 0.6 is 0 Å². The summed E-state index contributed by atoms with van der Waals surface area (Å²) < 4.78 is 13.2. The molecule has 2 atom stereocenters. The van der Waals surface area contributed by atoms with E-state index in [0.717, 1.165) is 57.5 Å². The Hall–Kier alpha value is -2.15. The normalized spacial score (nSPS) is 26.4. The van der Waals surface area contributed by atoms with E-state index >= 15 is 0 Å². The number of piperidine rings is 1. The smallest absolute Gasteiger partial charge is 0.226 e. The van der Waals surface area contributed by atoms with E-state index in [2.05, 4.69) is 22.0 Å². The second kappa shape index (κ2) is 9.15. The molecule has 1 aromatic carbocycles. The number of hydrogen-bond acceptors (Lipinski definition) is 4. The van der Waals surface area contributed by atoms with Crippen molar-refractivity contribution in [1.82, 2.24) is 15.1 Å². The van der Waals surface area contributed by atoms with E-state index in [1.165, 1.54) is 12.1 Å². The number of piperazine rings is 1. The van der Waals surface area contributed by atoms with Crippen LogP contribution in [0.5, 0.6) is 0 Å². The van der Waals surface area contributed by atoms with Crippen LogP contribution in [-0.4, -0.2) is 73.0 Å². The van der Waals surface area contributed by atoms with Gasteiger partial charge in [-0.15, -0.1) is 0 Å². The fourth-order valence-corrected chi connectivity index (χ4v) is 5.56. The molecule has 3 fully saturated rings. The number of benzene rings is 1. The van der Waals surface area contributed by atoms with Gasteiger partial charge in [-0.2, -0.15) is 0 Å². The second-order valence-corrected chi connectivity index (χ2v) is 9.50. The van der Waals surface area contributed by atoms with Gasteiger partial charge in [0.25, 0.3) is 0 Å². The molecule has 0 radical (unpaired) electrons. The molecule has 7 heteroatoms. The van der Waals surface area contributed by atoms with Gasteiger partial charge in [-0.1, -0.05) is 6.92 Å². The fourth-order valence-electron chi connectivity index (χ4n) is 5.56. The summed E-state index contributed by atoms with van der Waals surface area (Å²) in [6.45, 7) is 9.36. The van der Waals surface area contributed by atoms with Crippen LogP contribution in [0, 0.1) is 11.2 Å². The van der Waals surface area contributed by atoms with E-state index in [1.807, 2.05) is 24.0 Å². The second-order valence-electron chi connectivity index (χ2n) is 9.50. The Labute approximate surface area is 184 Å². The Kier molecular flexibility index (Phi) is 6.51. The van der Waals surface area contributed by atoms with Gasteiger partial charge in [0, 0.05) is 63.5 Å². The van der Waals surface area contributed by atoms with Crippen LogP contribution in [-0.2, 0) is 9.59 Å². The van der Waals surface area contributed by atoms with E-state index < -0.39 is 0 Å². The largest absolute Gasteiger partial charge is 0.366 e. The van der Waals surface area contributed by atoms with Crippen molar-refractivity contribution >= 4 is 17.5 Å². The molecule has 4 rings (SSSR count). The zero-order valence-electron chi connectivity index (χ0n) is 18.8. The van der Waals surface area contributed by atoms with Gasteiger partial charge in [-0.25, -0.2) is 4.39 Å². The molecule has 3 aliphatic rings. The first-order valence-corrected chi connectivity index (χ1v) is 11.7. The minimum atomic E-state index is -0.274. The molecular formula is C24H35FN4O2. The fraction of sp³-hybridized carbons (Fsp3) is 0.667. The summed E-state index contributed by atoms with van der Waals surface area (Å²) in [6, 6.07) is 7.35. The monoisotopic (exact) mass is 430 g/mol. The van der Waals surface area contributed by atoms with E-state index in [4.69, 9.17) is 0 Å². The molecule has 3 aliphatic heterocycles. The van der Waals surface area contributed by atoms with Gasteiger partial charge in [-0.05, 0) is 56.9 Å². The standard InChI is InChI=1S/C24H35FN4O2/c1-3-22(30)28-12-9-24(10-13-28)16-20(26-23(24)31)8-11-27-14-15-29(18(2)17-27)21-6-4-19(25)5-7-21/h4-7,18,20H,3,8-17H2,1-2H3,(H,26,31)/t18-,20+/m1/s1. The van der Waals surface area contributed by atoms with Crippen molar-refractivity contribution in [2.45, 2.75) is 58.0 Å². The third kappa shape index (κ3) is 4.71. The molecule has 1 N–H and O–H groups in total. The maximum atomic E-state index is 13.2. The molecular weight excluding hydrogens is 395 g/mol. The van der Waals surface area contributed by atoms with Gasteiger partial charge in [-0.3, -0.25) is 14.5 Å². The number of nitrogens with zero attached hydrogens (tertiary/aromatic N) is 3. The molecule has 2 amide bonds. The van der Waals surface area contributed by atoms with Gasteiger partial charge in [0.2, 0.25) is 11.8 Å². The predicted octanol–water partition coefficient (Wildman–Crippen LogP) is 2.63. The number of hydrogen-bond donors (Lipinski definition) is 1. The lowest BCUT2D eigenvalue weighted by Gasteiger charge is -2.41. The van der Waals surface area contributed by atoms with E-state index in [9.17, 15) is 14.0 Å². The van der Waals surface area contributed by atoms with Crippen molar-refractivity contribution < 1.29 is 14.0 Å². The van der Waals surface area contributed by atoms with Crippen molar-refractivity contribution in [1.29, 1.82) is 0 Å². The predicted molar refractivity (Wildman–Crippen MR) is 119 cm³/mol. The third-order valence-corrected chi connectivity index (χ3v) is 7.49. The number of rotatable bonds is 5. The quantitative estimate of drug-likeness (QED) is 0.780. The molecule has 3 saturated heterocycles. The number of halogens is 1. The average Bonchev–Trinajstić information content (AvgIpc) is 3.08. The van der Waals surface area contributed by atoms with Crippen molar-refractivity contribution in [3.8, 4) is 0 Å². The lowest BCUT2D eigenvalue weighted by molar-refractivity contribution is -0.138. The zero-order chi connectivity index (χ0) is 22.0. The van der Waals surface area contributed by atoms with Crippen LogP contribution in [0.2, 0.25) is 0 Å². The summed E-state index contributed by atoms with van der Waals surface area (Å²) >= 11 is 0. The summed E-state index contributed by atoms with van der Waals surface area (Å²) in [5.74, 6) is 0.184. The average molecular weight is 431 g/mol. The SMILES string of the molecule is CCC(=O)N1CCC2(CC1)C[C@H](CCN1CCN(c3ccc(F)cc3)[C@H](C)C1)NC2=O. The summed E-state index contributed by atoms with van der Waals surface area (Å²) in [6.07, 6.45) is 3.97. The molecule has 0 unspecified atom stereocenters. The maximum Gasteiger partial charge on any atom is 0.226 e. The summed E-state index contributed by atoms with van der Waals surface area (Å²) in [7, 11) is 0. The van der Waals surface area contributed by atoms with Gasteiger partial charge in [0.05, 0.1) is 5.41 Å². The highest BCUT2D eigenvalue weighted by Gasteiger charge is 2.48. The first-order valence-electron chi connectivity index (χ1n) is 11.7. The highest BCUT2D eigenvalue weighted by Crippen LogP contribution is 2.41. The van der Waals surface area contributed by atoms with Gasteiger partial charge < -0.3 is 15.1 Å². The third-order valence-electron chi connectivity index (χ3n) is 7.49. The van der Waals surface area contributed by atoms with Gasteiger partial charge in [0.1, 0.15) is 5.82 Å². The highest BCUT2D eigenvalue weighted by atomic mass is 19.1. The first kappa shape index (κ1) is 22.1. The summed E-state index contributed by atoms with van der Waals surface area (Å²) in [5.41, 5.74) is 0.801. The molecule has 170 valence electrons. The first-order chi connectivity index (χ1) is 14.9. The van der Waals surface area contributed by atoms with Crippen LogP contribution < -0.4 is 10.2 Å². The Morgan fingerprint density at radius 2 is 1.87 bits per heavy atom. The van der Waals surface area contributed by atoms with Crippen LogP contribution in [0.15, 0.2) is 24.3 Å². The van der Waals surface area contributed by atoms with Crippen LogP contribution in [0.4, 0.5) is 10.1 Å². The van der Waals surface area contributed by atoms with Crippen molar-refractivity contribution in [2.24, 2.45) is 5.41 Å². The van der Waals surface area contributed by atoms with Crippen molar-refractivity contribution in [2.75, 3.05) is 44.2 Å². The minimum absolute atomic E-state index is 0.190. The molecule has 0 saturated carbocycles. The molecule has 1 aromatic rings. The Morgan fingerprint density at radius 1 is 1.16 bits per heavy atom. The number of carbonyl (C=O) groups is 2. The molecule has 0 aliphatic carbocycles. The van der Waals surface area contributed by atoms with Crippen LogP contribution in [0.3, 0.4) is 0 Å². The van der Waals surface area contributed by atoms with Crippen molar-refractivity contribution in [3.05, 3.63) is 30.1 Å². The Morgan fingerprint density at radius 3 is 2.52 bits per heavy atom. The molecule has 0 aromatic heterocycles. The number of anilines is 1. The molecule has 3 heterocycles. The van der Waals surface area contributed by atoms with Crippen molar-refractivity contribution in [3.63, 3.8) is 0 Å². The Bertz CT molecular complexity index is 791. The van der Waals surface area contributed by atoms with E-state index in [0.29, 0.717) is 25.6 Å². The van der Waals surface area contributed by atoms with Gasteiger partial charge in [0.15, 0.2) is 0 Å². The van der Waals surface area contributed by atoms with E-state index in [-0.39, 0.29) is 29.1 Å². The minimum Gasteiger partial charge on any atom is -0.366 e. The molecule has 31 heavy (non-hydrogen) atoms. The number of likely N-dealkylation sites (tertiary alicyclic amines) is 1. The van der Waals surface area contributed by atoms with E-state index in [1.54, 1.807) is 0 Å². The van der Waals surface area contributed by atoms with Crippen LogP contribution in [0.1, 0.15) is 46.0 Å². The highest BCUT2D eigenvalue weighted by molar-refractivity contribution is 5.86. The van der Waals surface area contributed by atoms with Crippen LogP contribution in [0.25, 0.3) is 0 Å². The summed E-state index contributed by atoms with van der Waals surface area (Å²) in [4.78, 5) is 31.4. The molecule has 0 bridgehead atoms. The lowest BCUT2D eigenvalue weighted by Crippen LogP contribution is -2.52. The Balaban J connectivity index is 1.25. The van der Waals surface area contributed by atoms with Gasteiger partial charge >= 0.3 is 0 Å². The number of nitrogens with one attached hydrogen (secondary N) is 1. The maximum absolute atomic E-state index is 13.2. The number of carbonyl (C=O) groups excluding carboxylic acids is 2.